The Morgan fingerprint density at radius 1 is 1.26 bits per heavy atom. The summed E-state index contributed by atoms with van der Waals surface area (Å²) in [6.07, 6.45) is 4.24. The molecule has 2 aromatic rings. The van der Waals surface area contributed by atoms with E-state index >= 15 is 0 Å². The highest BCUT2D eigenvalue weighted by molar-refractivity contribution is 5.93. The van der Waals surface area contributed by atoms with Gasteiger partial charge in [0.05, 0.1) is 24.9 Å². The summed E-state index contributed by atoms with van der Waals surface area (Å²) >= 11 is 0. The number of nitrogens with zero attached hydrogens (tertiary/aromatic N) is 1. The zero-order valence-electron chi connectivity index (χ0n) is 15.1. The van der Waals surface area contributed by atoms with Crippen molar-refractivity contribution in [2.45, 2.75) is 50.9 Å². The molecule has 0 saturated carbocycles. The van der Waals surface area contributed by atoms with Crippen molar-refractivity contribution >= 4 is 5.91 Å². The van der Waals surface area contributed by atoms with Crippen LogP contribution in [0.15, 0.2) is 28.8 Å². The Labute approximate surface area is 157 Å². The number of carbonyl (C=O) groups excluding carboxylic acids is 1. The fourth-order valence-electron chi connectivity index (χ4n) is 3.64. The first kappa shape index (κ1) is 18.0. The minimum Gasteiger partial charge on any atom is -0.486 e. The fourth-order valence-corrected chi connectivity index (χ4v) is 3.64. The average Bonchev–Trinajstić information content (AvgIpc) is 3.14. The molecule has 1 aliphatic heterocycles. The van der Waals surface area contributed by atoms with Gasteiger partial charge >= 0.3 is 0 Å². The van der Waals surface area contributed by atoms with E-state index in [1.165, 1.54) is 0 Å². The Balaban J connectivity index is 1.44. The van der Waals surface area contributed by atoms with E-state index in [1.807, 2.05) is 24.3 Å². The lowest BCUT2D eigenvalue weighted by Crippen LogP contribution is -2.51. The van der Waals surface area contributed by atoms with E-state index in [4.69, 9.17) is 19.1 Å². The molecule has 1 aromatic carbocycles. The van der Waals surface area contributed by atoms with Crippen molar-refractivity contribution < 1.29 is 23.9 Å². The average molecular weight is 372 g/mol. The van der Waals surface area contributed by atoms with E-state index in [9.17, 15) is 4.79 Å². The number of aliphatic hydroxyl groups excluding tert-OH is 1. The van der Waals surface area contributed by atoms with Crippen LogP contribution in [-0.4, -0.2) is 41.5 Å². The van der Waals surface area contributed by atoms with Crippen LogP contribution in [0.1, 0.15) is 46.6 Å². The number of hydrogen-bond donors (Lipinski definition) is 2. The lowest BCUT2D eigenvalue weighted by atomic mass is 9.95. The number of benzene rings is 1. The molecule has 0 spiro atoms. The van der Waals surface area contributed by atoms with E-state index in [1.54, 1.807) is 0 Å². The van der Waals surface area contributed by atoms with E-state index < -0.39 is 0 Å². The molecule has 1 aliphatic carbocycles. The number of aryl methyl sites for hydroxylation is 1. The first-order valence-corrected chi connectivity index (χ1v) is 9.47. The van der Waals surface area contributed by atoms with Crippen molar-refractivity contribution in [2.75, 3.05) is 13.2 Å². The Kier molecular flexibility index (Phi) is 5.40. The van der Waals surface area contributed by atoms with Crippen LogP contribution >= 0.6 is 0 Å². The summed E-state index contributed by atoms with van der Waals surface area (Å²) < 4.78 is 16.9. The maximum Gasteiger partial charge on any atom is 0.290 e. The SMILES string of the molecule is O=C(NC1CCOCC1Oc1ccc(CO)cc1)c1onc2c1CCCC2. The topological polar surface area (TPSA) is 93.8 Å². The Morgan fingerprint density at radius 3 is 2.89 bits per heavy atom. The minimum absolute atomic E-state index is 0.00694. The van der Waals surface area contributed by atoms with Gasteiger partial charge in [-0.3, -0.25) is 4.79 Å². The van der Waals surface area contributed by atoms with E-state index in [-0.39, 0.29) is 24.7 Å². The maximum absolute atomic E-state index is 12.8. The second-order valence-corrected chi connectivity index (χ2v) is 7.05. The van der Waals surface area contributed by atoms with Crippen LogP contribution in [0.25, 0.3) is 0 Å². The predicted octanol–water partition coefficient (Wildman–Crippen LogP) is 2.01. The fraction of sp³-hybridized carbons (Fsp3) is 0.500. The maximum atomic E-state index is 12.8. The number of fused-ring (bicyclic) bond motifs is 1. The largest absolute Gasteiger partial charge is 0.486 e. The molecule has 2 aliphatic rings. The Bertz CT molecular complexity index is 786. The Morgan fingerprint density at radius 2 is 2.07 bits per heavy atom. The van der Waals surface area contributed by atoms with Gasteiger partial charge in [-0.2, -0.15) is 0 Å². The molecule has 27 heavy (non-hydrogen) atoms. The first-order chi connectivity index (χ1) is 13.2. The summed E-state index contributed by atoms with van der Waals surface area (Å²) in [5.41, 5.74) is 2.68. The number of rotatable bonds is 5. The number of aromatic nitrogens is 1. The molecule has 7 heteroatoms. The second-order valence-electron chi connectivity index (χ2n) is 7.05. The highest BCUT2D eigenvalue weighted by Crippen LogP contribution is 2.25. The van der Waals surface area contributed by atoms with Crippen molar-refractivity contribution in [1.29, 1.82) is 0 Å². The third kappa shape index (κ3) is 3.99. The molecule has 1 aromatic heterocycles. The lowest BCUT2D eigenvalue weighted by molar-refractivity contribution is -0.0138. The molecule has 0 radical (unpaired) electrons. The van der Waals surface area contributed by atoms with Gasteiger partial charge in [-0.05, 0) is 49.8 Å². The van der Waals surface area contributed by atoms with E-state index in [0.717, 1.165) is 42.5 Å². The van der Waals surface area contributed by atoms with Crippen LogP contribution in [0.3, 0.4) is 0 Å². The van der Waals surface area contributed by atoms with Crippen molar-refractivity contribution in [3.8, 4) is 5.75 Å². The molecule has 1 amide bonds. The first-order valence-electron chi connectivity index (χ1n) is 9.47. The minimum atomic E-state index is -0.290. The molecule has 144 valence electrons. The summed E-state index contributed by atoms with van der Waals surface area (Å²) in [5.74, 6) is 0.781. The van der Waals surface area contributed by atoms with Gasteiger partial charge in [-0.15, -0.1) is 0 Å². The number of nitrogens with one attached hydrogen (secondary N) is 1. The molecule has 0 bridgehead atoms. The zero-order valence-corrected chi connectivity index (χ0v) is 15.1. The summed E-state index contributed by atoms with van der Waals surface area (Å²) in [5, 5.41) is 16.3. The van der Waals surface area contributed by atoms with Gasteiger partial charge in [0, 0.05) is 12.2 Å². The molecule has 2 N–H and O–H groups in total. The van der Waals surface area contributed by atoms with Crippen LogP contribution in [0, 0.1) is 0 Å². The standard InChI is InChI=1S/C20H24N2O5/c23-11-13-5-7-14(8-6-13)26-18-12-25-10-9-17(18)21-20(24)19-15-3-1-2-4-16(15)22-27-19/h5-8,17-18,23H,1-4,9-12H2,(H,21,24). The summed E-state index contributed by atoms with van der Waals surface area (Å²) in [6, 6.07) is 7.08. The predicted molar refractivity (Wildman–Crippen MR) is 96.6 cm³/mol. The third-order valence-electron chi connectivity index (χ3n) is 5.18. The molecule has 2 heterocycles. The highest BCUT2D eigenvalue weighted by Gasteiger charge is 2.32. The van der Waals surface area contributed by atoms with Crippen LogP contribution < -0.4 is 10.1 Å². The summed E-state index contributed by atoms with van der Waals surface area (Å²) in [7, 11) is 0. The highest BCUT2D eigenvalue weighted by atomic mass is 16.5. The van der Waals surface area contributed by atoms with Gasteiger partial charge in [-0.25, -0.2) is 0 Å². The zero-order chi connectivity index (χ0) is 18.6. The Hall–Kier alpha value is -2.38. The normalized spacial score (nSPS) is 22.1. The molecular formula is C20H24N2O5. The van der Waals surface area contributed by atoms with Crippen molar-refractivity contribution in [3.63, 3.8) is 0 Å². The molecular weight excluding hydrogens is 348 g/mol. The molecule has 2 atom stereocenters. The monoisotopic (exact) mass is 372 g/mol. The molecule has 7 nitrogen and oxygen atoms in total. The van der Waals surface area contributed by atoms with Gasteiger partial charge in [0.15, 0.2) is 0 Å². The van der Waals surface area contributed by atoms with Crippen LogP contribution in [-0.2, 0) is 24.2 Å². The quantitative estimate of drug-likeness (QED) is 0.834. The number of hydrogen-bond acceptors (Lipinski definition) is 6. The van der Waals surface area contributed by atoms with Crippen molar-refractivity contribution in [1.82, 2.24) is 10.5 Å². The van der Waals surface area contributed by atoms with Gasteiger partial charge in [-0.1, -0.05) is 17.3 Å². The number of ether oxygens (including phenoxy) is 2. The molecule has 1 saturated heterocycles. The van der Waals surface area contributed by atoms with Gasteiger partial charge < -0.3 is 24.4 Å². The van der Waals surface area contributed by atoms with Crippen molar-refractivity contribution in [3.05, 3.63) is 46.8 Å². The second kappa shape index (κ2) is 8.10. The van der Waals surface area contributed by atoms with E-state index in [2.05, 4.69) is 10.5 Å². The van der Waals surface area contributed by atoms with Crippen molar-refractivity contribution in [2.24, 2.45) is 0 Å². The molecule has 1 fully saturated rings. The number of amides is 1. The smallest absolute Gasteiger partial charge is 0.290 e. The molecule has 2 unspecified atom stereocenters. The number of aliphatic hydroxyl groups is 1. The van der Waals surface area contributed by atoms with Crippen LogP contribution in [0.2, 0.25) is 0 Å². The summed E-state index contributed by atoms with van der Waals surface area (Å²) in [6.45, 7) is 0.969. The van der Waals surface area contributed by atoms with E-state index in [0.29, 0.717) is 31.1 Å². The van der Waals surface area contributed by atoms with Crippen LogP contribution in [0.4, 0.5) is 0 Å². The van der Waals surface area contributed by atoms with Gasteiger partial charge in [0.2, 0.25) is 5.76 Å². The lowest BCUT2D eigenvalue weighted by Gasteiger charge is -2.32. The summed E-state index contributed by atoms with van der Waals surface area (Å²) in [4.78, 5) is 12.8. The third-order valence-corrected chi connectivity index (χ3v) is 5.18. The molecule has 4 rings (SSSR count). The number of carbonyl (C=O) groups is 1. The van der Waals surface area contributed by atoms with Crippen LogP contribution in [0.5, 0.6) is 5.75 Å². The van der Waals surface area contributed by atoms with Gasteiger partial charge in [0.1, 0.15) is 11.9 Å². The van der Waals surface area contributed by atoms with Gasteiger partial charge in [0.25, 0.3) is 5.91 Å².